The van der Waals surface area contributed by atoms with E-state index in [1.54, 1.807) is 24.3 Å². The lowest BCUT2D eigenvalue weighted by Crippen LogP contribution is -2.34. The molecule has 1 heterocycles. The molecule has 8 heteroatoms. The van der Waals surface area contributed by atoms with Crippen molar-refractivity contribution in [2.24, 2.45) is 0 Å². The van der Waals surface area contributed by atoms with E-state index in [0.717, 1.165) is 28.2 Å². The van der Waals surface area contributed by atoms with E-state index in [9.17, 15) is 13.6 Å². The number of hydrogen-bond acceptors (Lipinski definition) is 3. The normalized spacial score (nSPS) is 10.8. The van der Waals surface area contributed by atoms with Crippen LogP contribution in [0.3, 0.4) is 0 Å². The minimum Gasteiger partial charge on any atom is -0.488 e. The molecule has 30 heavy (non-hydrogen) atoms. The zero-order valence-electron chi connectivity index (χ0n) is 16.9. The van der Waals surface area contributed by atoms with Crippen LogP contribution in [0.2, 0.25) is 0 Å². The van der Waals surface area contributed by atoms with Crippen molar-refractivity contribution in [3.05, 3.63) is 77.1 Å². The smallest absolute Gasteiger partial charge is 0.315 e. The van der Waals surface area contributed by atoms with Crippen molar-refractivity contribution < 1.29 is 18.3 Å². The van der Waals surface area contributed by atoms with Crippen LogP contribution in [0.5, 0.6) is 5.75 Å². The molecule has 2 N–H and O–H groups in total. The SMILES string of the molecule is Cc1nn(-c2ccccc2)c(C)c1CNC(=O)NCc1cccc(OCC(F)F)c1. The first-order valence-corrected chi connectivity index (χ1v) is 9.56. The highest BCUT2D eigenvalue weighted by Gasteiger charge is 2.13. The van der Waals surface area contributed by atoms with Gasteiger partial charge in [-0.05, 0) is 43.7 Å². The second kappa shape index (κ2) is 9.87. The van der Waals surface area contributed by atoms with Crippen LogP contribution in [0.25, 0.3) is 5.69 Å². The monoisotopic (exact) mass is 414 g/mol. The Balaban J connectivity index is 1.54. The van der Waals surface area contributed by atoms with Gasteiger partial charge < -0.3 is 15.4 Å². The lowest BCUT2D eigenvalue weighted by atomic mass is 10.2. The number of carbonyl (C=O) groups excluding carboxylic acids is 1. The van der Waals surface area contributed by atoms with Gasteiger partial charge >= 0.3 is 6.03 Å². The third-order valence-corrected chi connectivity index (χ3v) is 4.60. The molecule has 2 amide bonds. The van der Waals surface area contributed by atoms with Crippen molar-refractivity contribution >= 4 is 6.03 Å². The fourth-order valence-electron chi connectivity index (χ4n) is 3.07. The molecule has 0 fully saturated rings. The third-order valence-electron chi connectivity index (χ3n) is 4.60. The molecule has 0 radical (unpaired) electrons. The topological polar surface area (TPSA) is 68.2 Å². The zero-order chi connectivity index (χ0) is 21.5. The Labute approximate surface area is 173 Å². The molecule has 3 rings (SSSR count). The summed E-state index contributed by atoms with van der Waals surface area (Å²) in [5.41, 5.74) is 4.48. The molecule has 2 aromatic carbocycles. The summed E-state index contributed by atoms with van der Waals surface area (Å²) in [5, 5.41) is 10.2. The van der Waals surface area contributed by atoms with Crippen molar-refractivity contribution in [1.29, 1.82) is 0 Å². The zero-order valence-corrected chi connectivity index (χ0v) is 16.9. The van der Waals surface area contributed by atoms with E-state index >= 15 is 0 Å². The van der Waals surface area contributed by atoms with Crippen molar-refractivity contribution in [2.45, 2.75) is 33.4 Å². The van der Waals surface area contributed by atoms with E-state index < -0.39 is 13.0 Å². The molecule has 0 atom stereocenters. The van der Waals surface area contributed by atoms with E-state index in [0.29, 0.717) is 12.3 Å². The van der Waals surface area contributed by atoms with Gasteiger partial charge in [0.1, 0.15) is 12.4 Å². The molecule has 0 spiro atoms. The molecule has 0 bridgehead atoms. The number of benzene rings is 2. The summed E-state index contributed by atoms with van der Waals surface area (Å²) in [5.74, 6) is 0.342. The summed E-state index contributed by atoms with van der Waals surface area (Å²) >= 11 is 0. The second-order valence-corrected chi connectivity index (χ2v) is 6.78. The summed E-state index contributed by atoms with van der Waals surface area (Å²) in [4.78, 5) is 12.2. The standard InChI is InChI=1S/C22H24F2N4O2/c1-15-20(16(2)28(27-15)18-8-4-3-5-9-18)13-26-22(29)25-12-17-7-6-10-19(11-17)30-14-21(23)24/h3-11,21H,12-14H2,1-2H3,(H2,25,26,29). The van der Waals surface area contributed by atoms with Gasteiger partial charge in [-0.3, -0.25) is 0 Å². The molecular weight excluding hydrogens is 390 g/mol. The number of aryl methyl sites for hydroxylation is 1. The maximum absolute atomic E-state index is 12.3. The van der Waals surface area contributed by atoms with Crippen LogP contribution in [0, 0.1) is 13.8 Å². The number of aromatic nitrogens is 2. The van der Waals surface area contributed by atoms with Gasteiger partial charge in [-0.2, -0.15) is 5.10 Å². The van der Waals surface area contributed by atoms with Gasteiger partial charge in [0.15, 0.2) is 0 Å². The van der Waals surface area contributed by atoms with E-state index in [1.807, 2.05) is 48.9 Å². The van der Waals surface area contributed by atoms with Crippen LogP contribution in [0.4, 0.5) is 13.6 Å². The Bertz CT molecular complexity index is 990. The van der Waals surface area contributed by atoms with E-state index in [-0.39, 0.29) is 12.6 Å². The van der Waals surface area contributed by atoms with Crippen molar-refractivity contribution in [1.82, 2.24) is 20.4 Å². The first kappa shape index (κ1) is 21.3. The van der Waals surface area contributed by atoms with E-state index in [4.69, 9.17) is 4.74 Å². The number of halogens is 2. The molecule has 3 aromatic rings. The summed E-state index contributed by atoms with van der Waals surface area (Å²) < 4.78 is 31.4. The van der Waals surface area contributed by atoms with Gasteiger partial charge in [0.2, 0.25) is 0 Å². The number of nitrogens with zero attached hydrogens (tertiary/aromatic N) is 2. The van der Waals surface area contributed by atoms with Crippen molar-refractivity contribution in [3.63, 3.8) is 0 Å². The van der Waals surface area contributed by atoms with Gasteiger partial charge in [0.25, 0.3) is 6.43 Å². The number of rotatable bonds is 8. The van der Waals surface area contributed by atoms with Crippen LogP contribution in [0.1, 0.15) is 22.5 Å². The fourth-order valence-corrected chi connectivity index (χ4v) is 3.07. The number of hydrogen-bond donors (Lipinski definition) is 2. The lowest BCUT2D eigenvalue weighted by Gasteiger charge is -2.10. The minimum absolute atomic E-state index is 0.249. The van der Waals surface area contributed by atoms with Gasteiger partial charge in [0.05, 0.1) is 11.4 Å². The Morgan fingerprint density at radius 2 is 1.80 bits per heavy atom. The predicted molar refractivity (Wildman–Crippen MR) is 110 cm³/mol. The Kier molecular flexibility index (Phi) is 7.00. The summed E-state index contributed by atoms with van der Waals surface area (Å²) in [6.07, 6.45) is -2.53. The molecule has 158 valence electrons. The van der Waals surface area contributed by atoms with E-state index in [2.05, 4.69) is 15.7 Å². The number of carbonyl (C=O) groups is 1. The van der Waals surface area contributed by atoms with Crippen LogP contribution < -0.4 is 15.4 Å². The third kappa shape index (κ3) is 5.56. The van der Waals surface area contributed by atoms with Gasteiger partial charge in [0, 0.05) is 24.3 Å². The predicted octanol–water partition coefficient (Wildman–Crippen LogP) is 4.13. The van der Waals surface area contributed by atoms with Gasteiger partial charge in [-0.1, -0.05) is 30.3 Å². The molecule has 0 saturated heterocycles. The average Bonchev–Trinajstić information content (AvgIpc) is 3.03. The summed E-state index contributed by atoms with van der Waals surface area (Å²) in [7, 11) is 0. The van der Waals surface area contributed by atoms with Crippen molar-refractivity contribution in [2.75, 3.05) is 6.61 Å². The molecule has 0 unspecified atom stereocenters. The fraction of sp³-hybridized carbons (Fsp3) is 0.273. The number of urea groups is 1. The molecular formula is C22H24F2N4O2. The first-order chi connectivity index (χ1) is 14.4. The first-order valence-electron chi connectivity index (χ1n) is 9.56. The number of amides is 2. The highest BCUT2D eigenvalue weighted by molar-refractivity contribution is 5.73. The largest absolute Gasteiger partial charge is 0.488 e. The Morgan fingerprint density at radius 3 is 2.53 bits per heavy atom. The Hall–Kier alpha value is -3.42. The van der Waals surface area contributed by atoms with Crippen LogP contribution in [-0.2, 0) is 13.1 Å². The average molecular weight is 414 g/mol. The van der Waals surface area contributed by atoms with E-state index in [1.165, 1.54) is 0 Å². The minimum atomic E-state index is -2.53. The number of ether oxygens (including phenoxy) is 1. The number of nitrogens with one attached hydrogen (secondary N) is 2. The molecule has 0 aliphatic rings. The van der Waals surface area contributed by atoms with Crippen molar-refractivity contribution in [3.8, 4) is 11.4 Å². The molecule has 0 aliphatic carbocycles. The summed E-state index contributed by atoms with van der Waals surface area (Å²) in [6.45, 7) is 3.80. The number of alkyl halides is 2. The quantitative estimate of drug-likeness (QED) is 0.582. The molecule has 6 nitrogen and oxygen atoms in total. The maximum Gasteiger partial charge on any atom is 0.315 e. The number of para-hydroxylation sites is 1. The Morgan fingerprint density at radius 1 is 1.07 bits per heavy atom. The molecule has 0 saturated carbocycles. The lowest BCUT2D eigenvalue weighted by molar-refractivity contribution is 0.0818. The van der Waals surface area contributed by atoms with Gasteiger partial charge in [-0.25, -0.2) is 18.3 Å². The molecule has 1 aromatic heterocycles. The highest BCUT2D eigenvalue weighted by Crippen LogP contribution is 2.18. The highest BCUT2D eigenvalue weighted by atomic mass is 19.3. The van der Waals surface area contributed by atoms with Crippen LogP contribution in [0.15, 0.2) is 54.6 Å². The van der Waals surface area contributed by atoms with Gasteiger partial charge in [-0.15, -0.1) is 0 Å². The summed E-state index contributed by atoms with van der Waals surface area (Å²) in [6, 6.07) is 16.2. The molecule has 0 aliphatic heterocycles. The van der Waals surface area contributed by atoms with Crippen LogP contribution >= 0.6 is 0 Å². The second-order valence-electron chi connectivity index (χ2n) is 6.78. The maximum atomic E-state index is 12.3. The van der Waals surface area contributed by atoms with Crippen LogP contribution in [-0.4, -0.2) is 28.8 Å².